The lowest BCUT2D eigenvalue weighted by molar-refractivity contribution is -0.144. The van der Waals surface area contributed by atoms with Crippen LogP contribution in [0.25, 0.3) is 10.8 Å². The molecule has 1 aromatic carbocycles. The van der Waals surface area contributed by atoms with Crippen molar-refractivity contribution in [3.05, 3.63) is 36.7 Å². The fourth-order valence-corrected chi connectivity index (χ4v) is 1.79. The van der Waals surface area contributed by atoms with E-state index in [9.17, 15) is 4.79 Å². The highest BCUT2D eigenvalue weighted by Crippen LogP contribution is 2.13. The number of fused-ring (bicyclic) bond motifs is 1. The maximum Gasteiger partial charge on any atom is 0.332 e. The molecule has 0 aliphatic rings. The first kappa shape index (κ1) is 11.7. The van der Waals surface area contributed by atoms with E-state index in [1.807, 2.05) is 36.7 Å². The van der Waals surface area contributed by atoms with Crippen LogP contribution >= 0.6 is 0 Å². The first-order valence-electron chi connectivity index (χ1n) is 6.07. The summed E-state index contributed by atoms with van der Waals surface area (Å²) < 4.78 is 1.50. The Hall–Kier alpha value is -1.77. The molecule has 0 atom stereocenters. The van der Waals surface area contributed by atoms with Crippen molar-refractivity contribution in [2.24, 2.45) is 0 Å². The molecule has 17 heavy (non-hydrogen) atoms. The van der Waals surface area contributed by atoms with E-state index in [0.717, 1.165) is 30.0 Å². The number of unbranched alkanes of at least 4 members (excludes halogenated alkanes) is 2. The zero-order chi connectivity index (χ0) is 12.1. The van der Waals surface area contributed by atoms with E-state index in [1.54, 1.807) is 0 Å². The molecule has 90 valence electrons. The lowest BCUT2D eigenvalue weighted by Gasteiger charge is -2.03. The maximum atomic E-state index is 11.5. The molecule has 2 rings (SSSR count). The third kappa shape index (κ3) is 3.09. The van der Waals surface area contributed by atoms with E-state index in [4.69, 9.17) is 4.84 Å². The van der Waals surface area contributed by atoms with Crippen LogP contribution in [0.4, 0.5) is 0 Å². The zero-order valence-corrected chi connectivity index (χ0v) is 10.1. The van der Waals surface area contributed by atoms with Crippen LogP contribution in [0.3, 0.4) is 0 Å². The van der Waals surface area contributed by atoms with Crippen LogP contribution in [0.5, 0.6) is 0 Å². The molecule has 2 aromatic rings. The molecular weight excluding hydrogens is 214 g/mol. The Balaban J connectivity index is 1.96. The van der Waals surface area contributed by atoms with Crippen LogP contribution in [0, 0.1) is 0 Å². The fraction of sp³-hybridized carbons (Fsp3) is 0.357. The van der Waals surface area contributed by atoms with Gasteiger partial charge in [0.1, 0.15) is 0 Å². The van der Waals surface area contributed by atoms with Crippen molar-refractivity contribution < 1.29 is 9.63 Å². The number of aromatic nitrogens is 1. The van der Waals surface area contributed by atoms with Gasteiger partial charge in [-0.1, -0.05) is 44.0 Å². The molecule has 0 aliphatic heterocycles. The van der Waals surface area contributed by atoms with Gasteiger partial charge in [-0.2, -0.15) is 4.73 Å². The van der Waals surface area contributed by atoms with Gasteiger partial charge >= 0.3 is 5.97 Å². The predicted octanol–water partition coefficient (Wildman–Crippen LogP) is 3.18. The van der Waals surface area contributed by atoms with Crippen molar-refractivity contribution in [3.63, 3.8) is 0 Å². The molecule has 0 radical (unpaired) electrons. The van der Waals surface area contributed by atoms with Crippen molar-refractivity contribution in [2.45, 2.75) is 32.6 Å². The second kappa shape index (κ2) is 5.53. The molecule has 0 saturated heterocycles. The van der Waals surface area contributed by atoms with E-state index in [-0.39, 0.29) is 5.97 Å². The third-order valence-corrected chi connectivity index (χ3v) is 2.72. The monoisotopic (exact) mass is 231 g/mol. The molecule has 1 heterocycles. The average molecular weight is 231 g/mol. The predicted molar refractivity (Wildman–Crippen MR) is 67.7 cm³/mol. The molecule has 0 N–H and O–H groups in total. The van der Waals surface area contributed by atoms with Crippen LogP contribution in [0.2, 0.25) is 0 Å². The standard InChI is InChI=1S/C14H17NO2/c1-2-3-4-9-14(16)17-15-10-12-7-5-6-8-13(12)11-15/h5-8,10-11H,2-4,9H2,1H3. The van der Waals surface area contributed by atoms with Crippen molar-refractivity contribution in [1.29, 1.82) is 0 Å². The SMILES string of the molecule is CCCCCC(=O)On1cc2ccccc2c1. The van der Waals surface area contributed by atoms with Gasteiger partial charge in [0.25, 0.3) is 0 Å². The number of nitrogens with zero attached hydrogens (tertiary/aromatic N) is 1. The van der Waals surface area contributed by atoms with E-state index >= 15 is 0 Å². The van der Waals surface area contributed by atoms with Gasteiger partial charge in [-0.25, -0.2) is 4.79 Å². The number of hydrogen-bond donors (Lipinski definition) is 0. The Bertz CT molecular complexity index is 469. The Labute approximate surface area is 101 Å². The van der Waals surface area contributed by atoms with Gasteiger partial charge in [0.2, 0.25) is 0 Å². The summed E-state index contributed by atoms with van der Waals surface area (Å²) in [7, 11) is 0. The van der Waals surface area contributed by atoms with E-state index in [1.165, 1.54) is 4.73 Å². The summed E-state index contributed by atoms with van der Waals surface area (Å²) in [6.07, 6.45) is 7.22. The number of carbonyl (C=O) groups is 1. The first-order chi connectivity index (χ1) is 8.29. The number of rotatable bonds is 5. The van der Waals surface area contributed by atoms with Crippen molar-refractivity contribution in [1.82, 2.24) is 4.73 Å². The summed E-state index contributed by atoms with van der Waals surface area (Å²) in [5.41, 5.74) is 0. The van der Waals surface area contributed by atoms with Gasteiger partial charge in [0.15, 0.2) is 0 Å². The number of benzene rings is 1. The van der Waals surface area contributed by atoms with Gasteiger partial charge in [0.05, 0.1) is 12.4 Å². The van der Waals surface area contributed by atoms with Gasteiger partial charge in [-0.05, 0) is 6.42 Å². The average Bonchev–Trinajstić information content (AvgIpc) is 2.71. The van der Waals surface area contributed by atoms with Gasteiger partial charge in [0, 0.05) is 17.2 Å². The molecule has 3 nitrogen and oxygen atoms in total. The van der Waals surface area contributed by atoms with Crippen LogP contribution in [0.15, 0.2) is 36.7 Å². The molecule has 0 amide bonds. The molecule has 0 saturated carbocycles. The van der Waals surface area contributed by atoms with Crippen molar-refractivity contribution in [2.75, 3.05) is 0 Å². The molecule has 0 unspecified atom stereocenters. The zero-order valence-electron chi connectivity index (χ0n) is 10.1. The minimum absolute atomic E-state index is 0.168. The smallest absolute Gasteiger partial charge is 0.332 e. The lowest BCUT2D eigenvalue weighted by Crippen LogP contribution is -2.17. The minimum Gasteiger partial charge on any atom is -0.337 e. The van der Waals surface area contributed by atoms with Crippen molar-refractivity contribution in [3.8, 4) is 0 Å². The minimum atomic E-state index is -0.168. The summed E-state index contributed by atoms with van der Waals surface area (Å²) in [6, 6.07) is 7.93. The highest BCUT2D eigenvalue weighted by Gasteiger charge is 2.05. The normalized spacial score (nSPS) is 10.6. The lowest BCUT2D eigenvalue weighted by atomic mass is 10.2. The van der Waals surface area contributed by atoms with Gasteiger partial charge in [-0.15, -0.1) is 0 Å². The van der Waals surface area contributed by atoms with Crippen LogP contribution < -0.4 is 4.84 Å². The Morgan fingerprint density at radius 1 is 1.18 bits per heavy atom. The summed E-state index contributed by atoms with van der Waals surface area (Å²) in [4.78, 5) is 16.7. The van der Waals surface area contributed by atoms with E-state index in [0.29, 0.717) is 6.42 Å². The maximum absolute atomic E-state index is 11.5. The molecule has 0 spiro atoms. The fourth-order valence-electron chi connectivity index (χ4n) is 1.79. The summed E-state index contributed by atoms with van der Waals surface area (Å²) in [6.45, 7) is 2.12. The number of carbonyl (C=O) groups excluding carboxylic acids is 1. The first-order valence-corrected chi connectivity index (χ1v) is 6.07. The van der Waals surface area contributed by atoms with E-state index < -0.39 is 0 Å². The summed E-state index contributed by atoms with van der Waals surface area (Å²) in [5, 5.41) is 2.16. The van der Waals surface area contributed by atoms with Crippen LogP contribution in [-0.4, -0.2) is 10.7 Å². The van der Waals surface area contributed by atoms with Crippen LogP contribution in [0.1, 0.15) is 32.6 Å². The van der Waals surface area contributed by atoms with Gasteiger partial charge in [-0.3, -0.25) is 0 Å². The third-order valence-electron chi connectivity index (χ3n) is 2.72. The number of hydrogen-bond acceptors (Lipinski definition) is 2. The van der Waals surface area contributed by atoms with E-state index in [2.05, 4.69) is 6.92 Å². The topological polar surface area (TPSA) is 31.2 Å². The quantitative estimate of drug-likeness (QED) is 0.740. The highest BCUT2D eigenvalue weighted by molar-refractivity contribution is 5.82. The summed E-state index contributed by atoms with van der Waals surface area (Å²) >= 11 is 0. The second-order valence-electron chi connectivity index (χ2n) is 4.17. The summed E-state index contributed by atoms with van der Waals surface area (Å²) in [5.74, 6) is -0.168. The second-order valence-corrected chi connectivity index (χ2v) is 4.17. The van der Waals surface area contributed by atoms with Crippen LogP contribution in [-0.2, 0) is 4.79 Å². The molecule has 0 aliphatic carbocycles. The molecule has 0 bridgehead atoms. The Kier molecular flexibility index (Phi) is 3.81. The highest BCUT2D eigenvalue weighted by atomic mass is 16.7. The molecular formula is C14H17NO2. The Morgan fingerprint density at radius 2 is 1.82 bits per heavy atom. The molecule has 0 fully saturated rings. The molecule has 3 heteroatoms. The van der Waals surface area contributed by atoms with Gasteiger partial charge < -0.3 is 4.84 Å². The van der Waals surface area contributed by atoms with Crippen molar-refractivity contribution >= 4 is 16.7 Å². The largest absolute Gasteiger partial charge is 0.337 e. The Morgan fingerprint density at radius 3 is 2.41 bits per heavy atom. The molecule has 1 aromatic heterocycles.